The van der Waals surface area contributed by atoms with Crippen molar-refractivity contribution < 1.29 is 18.3 Å². The number of carbonyl (C=O) groups excluding carboxylic acids is 1. The maximum absolute atomic E-state index is 11.8. The summed E-state index contributed by atoms with van der Waals surface area (Å²) in [4.78, 5) is 10.1. The first-order chi connectivity index (χ1) is 4.36. The fourth-order valence-corrected chi connectivity index (χ4v) is 0.434. The second-order valence-corrected chi connectivity index (χ2v) is 2.63. The van der Waals surface area contributed by atoms with E-state index in [0.29, 0.717) is 0 Å². The van der Waals surface area contributed by atoms with Crippen molar-refractivity contribution >= 4 is 17.6 Å². The summed E-state index contributed by atoms with van der Waals surface area (Å²) in [7, 11) is 0. The molecule has 10 heavy (non-hydrogen) atoms. The Balaban J connectivity index is 3.99. The van der Waals surface area contributed by atoms with E-state index >= 15 is 0 Å². The fraction of sp³-hybridized carbons (Fsp3) is 0.800. The molecule has 0 saturated carbocycles. The molecule has 0 amide bonds. The molecule has 0 heterocycles. The van der Waals surface area contributed by atoms with Gasteiger partial charge in [-0.25, -0.2) is 8.78 Å². The first kappa shape index (κ1) is 9.62. The predicted molar refractivity (Wildman–Crippen MR) is 32.0 cm³/mol. The maximum Gasteiger partial charge on any atom is 0.304 e. The zero-order valence-corrected chi connectivity index (χ0v) is 6.28. The van der Waals surface area contributed by atoms with E-state index in [0.717, 1.165) is 13.8 Å². The molecule has 0 aromatic rings. The smallest absolute Gasteiger partial charge is 0.304 e. The van der Waals surface area contributed by atoms with Crippen molar-refractivity contribution in [3.63, 3.8) is 0 Å². The van der Waals surface area contributed by atoms with E-state index in [9.17, 15) is 13.6 Å². The number of alkyl halides is 3. The van der Waals surface area contributed by atoms with Crippen LogP contribution in [0.15, 0.2) is 0 Å². The van der Waals surface area contributed by atoms with Gasteiger partial charge in [-0.05, 0) is 6.92 Å². The SMILES string of the molecule is CC(=O)OC(C)(Cl)C(F)F. The zero-order chi connectivity index (χ0) is 8.36. The predicted octanol–water partition coefficient (Wildman–Crippen LogP) is 1.77. The third kappa shape index (κ3) is 2.96. The molecule has 0 aliphatic rings. The Labute approximate surface area is 62.1 Å². The molecular formula is C5H7ClF2O2. The highest BCUT2D eigenvalue weighted by Crippen LogP contribution is 2.24. The number of hydrogen-bond donors (Lipinski definition) is 0. The molecule has 0 aliphatic heterocycles. The topological polar surface area (TPSA) is 26.3 Å². The molecule has 0 N–H and O–H groups in total. The Morgan fingerprint density at radius 1 is 1.70 bits per heavy atom. The molecular weight excluding hydrogens is 166 g/mol. The molecule has 0 bridgehead atoms. The molecule has 0 aliphatic carbocycles. The third-order valence-electron chi connectivity index (χ3n) is 0.733. The van der Waals surface area contributed by atoms with Crippen LogP contribution in [0.2, 0.25) is 0 Å². The molecule has 5 heteroatoms. The van der Waals surface area contributed by atoms with Crippen molar-refractivity contribution in [3.05, 3.63) is 0 Å². The molecule has 1 atom stereocenters. The molecule has 0 aromatic carbocycles. The zero-order valence-electron chi connectivity index (χ0n) is 5.53. The van der Waals surface area contributed by atoms with E-state index in [1.807, 2.05) is 0 Å². The van der Waals surface area contributed by atoms with Crippen molar-refractivity contribution in [1.29, 1.82) is 0 Å². The Kier molecular flexibility index (Phi) is 3.02. The van der Waals surface area contributed by atoms with Crippen LogP contribution >= 0.6 is 11.6 Å². The number of ether oxygens (including phenoxy) is 1. The summed E-state index contributed by atoms with van der Waals surface area (Å²) in [6.45, 7) is 1.95. The van der Waals surface area contributed by atoms with Gasteiger partial charge in [0.1, 0.15) is 0 Å². The average Bonchev–Trinajstić information content (AvgIpc) is 1.60. The van der Waals surface area contributed by atoms with Gasteiger partial charge in [0, 0.05) is 6.92 Å². The number of carbonyl (C=O) groups is 1. The van der Waals surface area contributed by atoms with Crippen molar-refractivity contribution in [2.24, 2.45) is 0 Å². The standard InChI is InChI=1S/C5H7ClF2O2/c1-3(9)10-5(2,6)4(7)8/h4H,1-2H3. The summed E-state index contributed by atoms with van der Waals surface area (Å²) < 4.78 is 27.6. The number of hydrogen-bond acceptors (Lipinski definition) is 2. The van der Waals surface area contributed by atoms with Gasteiger partial charge in [0.25, 0.3) is 6.43 Å². The van der Waals surface area contributed by atoms with Crippen LogP contribution in [0, 0.1) is 0 Å². The molecule has 0 spiro atoms. The normalized spacial score (nSPS) is 16.6. The van der Waals surface area contributed by atoms with E-state index in [1.54, 1.807) is 0 Å². The molecule has 0 saturated heterocycles. The van der Waals surface area contributed by atoms with Gasteiger partial charge in [-0.15, -0.1) is 0 Å². The first-order valence-corrected chi connectivity index (χ1v) is 2.90. The van der Waals surface area contributed by atoms with E-state index in [1.165, 1.54) is 0 Å². The van der Waals surface area contributed by atoms with Crippen LogP contribution in [-0.2, 0) is 9.53 Å². The van der Waals surface area contributed by atoms with Crippen molar-refractivity contribution in [2.45, 2.75) is 25.3 Å². The lowest BCUT2D eigenvalue weighted by atomic mass is 10.4. The minimum absolute atomic E-state index is 0.821. The van der Waals surface area contributed by atoms with Gasteiger partial charge in [0.2, 0.25) is 5.06 Å². The summed E-state index contributed by atoms with van der Waals surface area (Å²) in [6.07, 6.45) is -2.88. The van der Waals surface area contributed by atoms with Crippen LogP contribution in [0.1, 0.15) is 13.8 Å². The second kappa shape index (κ2) is 3.14. The van der Waals surface area contributed by atoms with Gasteiger partial charge < -0.3 is 4.74 Å². The van der Waals surface area contributed by atoms with E-state index in [4.69, 9.17) is 11.6 Å². The van der Waals surface area contributed by atoms with E-state index < -0.39 is 17.5 Å². The van der Waals surface area contributed by atoms with Gasteiger partial charge in [-0.1, -0.05) is 11.6 Å². The summed E-state index contributed by atoms with van der Waals surface area (Å²) in [5.74, 6) is -0.821. The molecule has 0 radical (unpaired) electrons. The Morgan fingerprint density at radius 3 is 2.20 bits per heavy atom. The third-order valence-corrected chi connectivity index (χ3v) is 0.975. The Morgan fingerprint density at radius 2 is 2.10 bits per heavy atom. The van der Waals surface area contributed by atoms with Crippen LogP contribution in [0.4, 0.5) is 8.78 Å². The highest BCUT2D eigenvalue weighted by molar-refractivity contribution is 6.23. The lowest BCUT2D eigenvalue weighted by molar-refractivity contribution is -0.158. The van der Waals surface area contributed by atoms with Crippen molar-refractivity contribution in [2.75, 3.05) is 0 Å². The van der Waals surface area contributed by atoms with Gasteiger partial charge >= 0.3 is 5.97 Å². The van der Waals surface area contributed by atoms with Crippen LogP contribution in [0.5, 0.6) is 0 Å². The highest BCUT2D eigenvalue weighted by atomic mass is 35.5. The summed E-state index contributed by atoms with van der Waals surface area (Å²) in [5.41, 5.74) is 0. The monoisotopic (exact) mass is 172 g/mol. The average molecular weight is 173 g/mol. The minimum atomic E-state index is -2.88. The van der Waals surface area contributed by atoms with Gasteiger partial charge in [0.05, 0.1) is 0 Å². The molecule has 2 nitrogen and oxygen atoms in total. The lowest BCUT2D eigenvalue weighted by Gasteiger charge is -2.19. The Hall–Kier alpha value is -0.380. The van der Waals surface area contributed by atoms with Crippen LogP contribution < -0.4 is 0 Å². The molecule has 1 unspecified atom stereocenters. The van der Waals surface area contributed by atoms with E-state index in [2.05, 4.69) is 4.74 Å². The molecule has 0 aromatic heterocycles. The van der Waals surface area contributed by atoms with Crippen LogP contribution in [0.3, 0.4) is 0 Å². The largest absolute Gasteiger partial charge is 0.437 e. The van der Waals surface area contributed by atoms with Gasteiger partial charge in [-0.2, -0.15) is 0 Å². The molecule has 0 rings (SSSR count). The molecule has 0 fully saturated rings. The van der Waals surface area contributed by atoms with Gasteiger partial charge in [-0.3, -0.25) is 4.79 Å². The second-order valence-electron chi connectivity index (χ2n) is 1.88. The minimum Gasteiger partial charge on any atom is -0.437 e. The maximum atomic E-state index is 11.8. The quantitative estimate of drug-likeness (QED) is 0.469. The lowest BCUT2D eigenvalue weighted by Crippen LogP contribution is -2.32. The summed E-state index contributed by atoms with van der Waals surface area (Å²) in [6, 6.07) is 0. The number of halogens is 3. The summed E-state index contributed by atoms with van der Waals surface area (Å²) in [5, 5.41) is -2.19. The van der Waals surface area contributed by atoms with Crippen LogP contribution in [-0.4, -0.2) is 17.5 Å². The number of rotatable bonds is 2. The van der Waals surface area contributed by atoms with E-state index in [-0.39, 0.29) is 0 Å². The van der Waals surface area contributed by atoms with Crippen LogP contribution in [0.25, 0.3) is 0 Å². The Bertz CT molecular complexity index is 136. The van der Waals surface area contributed by atoms with Gasteiger partial charge in [0.15, 0.2) is 0 Å². The first-order valence-electron chi connectivity index (χ1n) is 2.53. The highest BCUT2D eigenvalue weighted by Gasteiger charge is 2.35. The summed E-state index contributed by atoms with van der Waals surface area (Å²) >= 11 is 5.07. The fourth-order valence-electron chi connectivity index (χ4n) is 0.326. The molecule has 60 valence electrons. The van der Waals surface area contributed by atoms with Crippen molar-refractivity contribution in [1.82, 2.24) is 0 Å². The van der Waals surface area contributed by atoms with Crippen molar-refractivity contribution in [3.8, 4) is 0 Å². The number of esters is 1.